The van der Waals surface area contributed by atoms with Crippen molar-refractivity contribution >= 4 is 28.4 Å². The van der Waals surface area contributed by atoms with Gasteiger partial charge in [-0.1, -0.05) is 38.1 Å². The van der Waals surface area contributed by atoms with Gasteiger partial charge in [-0.25, -0.2) is 0 Å². The Balaban J connectivity index is 1.45. The van der Waals surface area contributed by atoms with Crippen LogP contribution in [0, 0.1) is 5.41 Å². The molecule has 0 unspecified atom stereocenters. The summed E-state index contributed by atoms with van der Waals surface area (Å²) in [6.07, 6.45) is 5.55. The molecule has 2 heterocycles. The van der Waals surface area contributed by atoms with Crippen LogP contribution in [0.2, 0.25) is 0 Å². The lowest BCUT2D eigenvalue weighted by atomic mass is 9.80. The molecule has 1 aliphatic heterocycles. The minimum absolute atomic E-state index is 0.113. The third-order valence-electron chi connectivity index (χ3n) is 8.00. The number of likely N-dealkylation sites (N-methyl/N-ethyl adjacent to an activating group) is 1. The summed E-state index contributed by atoms with van der Waals surface area (Å²) in [5, 5.41) is 4.70. The van der Waals surface area contributed by atoms with Gasteiger partial charge in [-0.05, 0) is 75.4 Å². The number of rotatable bonds is 8. The predicted molar refractivity (Wildman–Crippen MR) is 153 cm³/mol. The van der Waals surface area contributed by atoms with Crippen LogP contribution in [0.1, 0.15) is 66.8 Å². The summed E-state index contributed by atoms with van der Waals surface area (Å²) >= 11 is 0. The van der Waals surface area contributed by atoms with E-state index in [1.54, 1.807) is 0 Å². The van der Waals surface area contributed by atoms with Gasteiger partial charge in [0.05, 0.1) is 23.8 Å². The highest BCUT2D eigenvalue weighted by molar-refractivity contribution is 6.06. The Hall–Kier alpha value is -3.16. The number of primary amides is 1. The van der Waals surface area contributed by atoms with Crippen LogP contribution in [0.5, 0.6) is 0 Å². The molecule has 7 nitrogen and oxygen atoms in total. The van der Waals surface area contributed by atoms with Crippen molar-refractivity contribution in [2.45, 2.75) is 64.5 Å². The van der Waals surface area contributed by atoms with Crippen LogP contribution in [0.15, 0.2) is 42.5 Å². The molecule has 3 N–H and O–H groups in total. The number of hydrogen-bond donors (Lipinski definition) is 2. The average molecular weight is 517 g/mol. The normalized spacial score (nSPS) is 21.0. The zero-order valence-electron chi connectivity index (χ0n) is 23.0. The largest absolute Gasteiger partial charge is 0.382 e. The highest BCUT2D eigenvalue weighted by Gasteiger charge is 2.35. The monoisotopic (exact) mass is 516 g/mol. The van der Waals surface area contributed by atoms with Gasteiger partial charge in [-0.2, -0.15) is 0 Å². The van der Waals surface area contributed by atoms with E-state index in [1.165, 1.54) is 0 Å². The second-order valence-corrected chi connectivity index (χ2v) is 12.0. The summed E-state index contributed by atoms with van der Waals surface area (Å²) in [4.78, 5) is 27.7. The molecular weight excluding hydrogens is 476 g/mol. The molecule has 5 rings (SSSR count). The lowest BCUT2D eigenvalue weighted by molar-refractivity contribution is 0.0196. The van der Waals surface area contributed by atoms with Crippen molar-refractivity contribution in [1.82, 2.24) is 9.47 Å². The number of fused-ring (bicyclic) bond motifs is 3. The van der Waals surface area contributed by atoms with Gasteiger partial charge in [0, 0.05) is 41.3 Å². The number of nitrogens with one attached hydrogen (secondary N) is 1. The first-order valence-corrected chi connectivity index (χ1v) is 13.8. The third kappa shape index (κ3) is 5.36. The standard InChI is InChI=1S/C31H40N4O3/c1-31(2)18-27-29(24-7-5-6-8-26(24)35(27)28(36)19-31)20-9-14-23(30(32)37)25(17-20)33-21-10-12-22(13-11-21)38-16-15-34(3)4/h5-9,14,17,21-22,33H,10-13,15-16,18-19H2,1-4H3,(H2,32,37). The topological polar surface area (TPSA) is 89.6 Å². The summed E-state index contributed by atoms with van der Waals surface area (Å²) < 4.78 is 7.97. The van der Waals surface area contributed by atoms with Crippen molar-refractivity contribution in [3.8, 4) is 11.1 Å². The van der Waals surface area contributed by atoms with Crippen molar-refractivity contribution in [2.75, 3.05) is 32.6 Å². The van der Waals surface area contributed by atoms with Gasteiger partial charge >= 0.3 is 0 Å². The molecule has 1 aromatic heterocycles. The van der Waals surface area contributed by atoms with E-state index >= 15 is 0 Å². The number of para-hydroxylation sites is 1. The van der Waals surface area contributed by atoms with E-state index in [1.807, 2.05) is 34.9 Å². The van der Waals surface area contributed by atoms with Gasteiger partial charge in [0.15, 0.2) is 0 Å². The van der Waals surface area contributed by atoms with Crippen LogP contribution in [0.4, 0.5) is 5.69 Å². The molecule has 3 aromatic rings. The molecule has 0 saturated heterocycles. The minimum Gasteiger partial charge on any atom is -0.382 e. The predicted octanol–water partition coefficient (Wildman–Crippen LogP) is 5.32. The van der Waals surface area contributed by atoms with Gasteiger partial charge in [0.1, 0.15) is 0 Å². The summed E-state index contributed by atoms with van der Waals surface area (Å²) in [6.45, 7) is 5.98. The number of aromatic nitrogens is 1. The van der Waals surface area contributed by atoms with Crippen LogP contribution in [-0.4, -0.2) is 60.7 Å². The summed E-state index contributed by atoms with van der Waals surface area (Å²) in [7, 11) is 4.11. The number of amides is 1. The summed E-state index contributed by atoms with van der Waals surface area (Å²) in [5.41, 5.74) is 11.0. The molecule has 1 saturated carbocycles. The fraction of sp³-hybridized carbons (Fsp3) is 0.484. The number of anilines is 1. The number of hydrogen-bond acceptors (Lipinski definition) is 5. The molecule has 2 aromatic carbocycles. The van der Waals surface area contributed by atoms with Gasteiger partial charge in [-0.3, -0.25) is 14.2 Å². The number of nitrogens with zero attached hydrogens (tertiary/aromatic N) is 2. The fourth-order valence-electron chi connectivity index (χ4n) is 6.10. The SMILES string of the molecule is CN(C)CCOC1CCC(Nc2cc(-c3c4n(c5ccccc35)C(=O)CC(C)(C)C4)ccc2C(N)=O)CC1. The van der Waals surface area contributed by atoms with Crippen molar-refractivity contribution in [1.29, 1.82) is 0 Å². The maximum Gasteiger partial charge on any atom is 0.250 e. The second-order valence-electron chi connectivity index (χ2n) is 12.0. The van der Waals surface area contributed by atoms with E-state index < -0.39 is 5.91 Å². The molecule has 1 aliphatic carbocycles. The Morgan fingerprint density at radius 1 is 1.11 bits per heavy atom. The van der Waals surface area contributed by atoms with Crippen molar-refractivity contribution in [3.63, 3.8) is 0 Å². The number of ether oxygens (including phenoxy) is 1. The molecular formula is C31H40N4O3. The van der Waals surface area contributed by atoms with E-state index in [4.69, 9.17) is 10.5 Å². The molecule has 38 heavy (non-hydrogen) atoms. The van der Waals surface area contributed by atoms with Crippen LogP contribution in [0.3, 0.4) is 0 Å². The van der Waals surface area contributed by atoms with E-state index in [9.17, 15) is 9.59 Å². The van der Waals surface area contributed by atoms with Gasteiger partial charge in [-0.15, -0.1) is 0 Å². The molecule has 202 valence electrons. The maximum absolute atomic E-state index is 13.2. The Morgan fingerprint density at radius 2 is 1.84 bits per heavy atom. The minimum atomic E-state index is -0.445. The van der Waals surface area contributed by atoms with Crippen LogP contribution >= 0.6 is 0 Å². The number of carbonyl (C=O) groups excluding carboxylic acids is 2. The Kier molecular flexibility index (Phi) is 7.34. The molecule has 1 amide bonds. The Morgan fingerprint density at radius 3 is 2.55 bits per heavy atom. The van der Waals surface area contributed by atoms with Gasteiger partial charge in [0.25, 0.3) is 5.91 Å². The molecule has 0 atom stereocenters. The number of carbonyl (C=O) groups is 2. The zero-order valence-corrected chi connectivity index (χ0v) is 23.0. The Labute approximate surface area is 225 Å². The molecule has 0 spiro atoms. The van der Waals surface area contributed by atoms with E-state index in [-0.39, 0.29) is 23.5 Å². The highest BCUT2D eigenvalue weighted by atomic mass is 16.5. The molecule has 2 aliphatic rings. The Bertz CT molecular complexity index is 1350. The van der Waals surface area contributed by atoms with Crippen molar-refractivity contribution in [3.05, 3.63) is 53.7 Å². The smallest absolute Gasteiger partial charge is 0.250 e. The maximum atomic E-state index is 13.2. The summed E-state index contributed by atoms with van der Waals surface area (Å²) in [5.74, 6) is -0.310. The lowest BCUT2D eigenvalue weighted by Crippen LogP contribution is -2.32. The van der Waals surface area contributed by atoms with E-state index in [2.05, 4.69) is 50.3 Å². The van der Waals surface area contributed by atoms with Crippen LogP contribution in [0.25, 0.3) is 22.0 Å². The molecule has 1 fully saturated rings. The fourth-order valence-corrected chi connectivity index (χ4v) is 6.10. The van der Waals surface area contributed by atoms with Gasteiger partial charge < -0.3 is 20.7 Å². The lowest BCUT2D eigenvalue weighted by Gasteiger charge is -2.31. The first-order chi connectivity index (χ1) is 18.1. The van der Waals surface area contributed by atoms with E-state index in [0.717, 1.165) is 78.7 Å². The first-order valence-electron chi connectivity index (χ1n) is 13.8. The van der Waals surface area contributed by atoms with Crippen LogP contribution in [-0.2, 0) is 11.2 Å². The first kappa shape index (κ1) is 26.4. The van der Waals surface area contributed by atoms with E-state index in [0.29, 0.717) is 12.0 Å². The number of benzene rings is 2. The van der Waals surface area contributed by atoms with Gasteiger partial charge in [0.2, 0.25) is 5.91 Å². The zero-order chi connectivity index (χ0) is 27.0. The highest BCUT2D eigenvalue weighted by Crippen LogP contribution is 2.43. The third-order valence-corrected chi connectivity index (χ3v) is 8.00. The molecule has 0 bridgehead atoms. The summed E-state index contributed by atoms with van der Waals surface area (Å²) in [6, 6.07) is 14.2. The number of nitrogens with two attached hydrogens (primary N) is 1. The molecule has 7 heteroatoms. The van der Waals surface area contributed by atoms with Crippen LogP contribution < -0.4 is 11.1 Å². The van der Waals surface area contributed by atoms with Crippen molar-refractivity contribution in [2.24, 2.45) is 11.1 Å². The second kappa shape index (κ2) is 10.5. The average Bonchev–Trinajstić information content (AvgIpc) is 3.17. The van der Waals surface area contributed by atoms with Crippen molar-refractivity contribution < 1.29 is 14.3 Å². The molecule has 0 radical (unpaired) electrons. The quantitative estimate of drug-likeness (QED) is 0.423.